The summed E-state index contributed by atoms with van der Waals surface area (Å²) in [4.78, 5) is 0. The Labute approximate surface area is 93.5 Å². The molecular formula is C12H25NO2. The van der Waals surface area contributed by atoms with Crippen LogP contribution >= 0.6 is 0 Å². The van der Waals surface area contributed by atoms with E-state index in [1.807, 2.05) is 0 Å². The van der Waals surface area contributed by atoms with Gasteiger partial charge in [-0.25, -0.2) is 0 Å². The Hall–Kier alpha value is -0.120. The summed E-state index contributed by atoms with van der Waals surface area (Å²) in [5.74, 6) is 0.631. The van der Waals surface area contributed by atoms with E-state index in [1.165, 1.54) is 19.3 Å². The monoisotopic (exact) mass is 215 g/mol. The van der Waals surface area contributed by atoms with E-state index in [4.69, 9.17) is 9.47 Å². The van der Waals surface area contributed by atoms with Crippen molar-refractivity contribution in [3.63, 3.8) is 0 Å². The van der Waals surface area contributed by atoms with Gasteiger partial charge in [-0.3, -0.25) is 0 Å². The second-order valence-corrected chi connectivity index (χ2v) is 4.66. The molecule has 90 valence electrons. The lowest BCUT2D eigenvalue weighted by Crippen LogP contribution is -2.33. The first kappa shape index (κ1) is 12.9. The van der Waals surface area contributed by atoms with Gasteiger partial charge in [0.05, 0.1) is 12.7 Å². The van der Waals surface area contributed by atoms with Crippen LogP contribution in [0.25, 0.3) is 0 Å². The van der Waals surface area contributed by atoms with E-state index in [-0.39, 0.29) is 0 Å². The van der Waals surface area contributed by atoms with Crippen LogP contribution in [0.3, 0.4) is 0 Å². The highest BCUT2D eigenvalue weighted by atomic mass is 16.5. The molecule has 1 saturated heterocycles. The molecule has 1 aliphatic heterocycles. The molecular weight excluding hydrogens is 190 g/mol. The van der Waals surface area contributed by atoms with Crippen LogP contribution in [0, 0.1) is 5.92 Å². The lowest BCUT2D eigenvalue weighted by molar-refractivity contribution is 0.0155. The maximum absolute atomic E-state index is 5.62. The van der Waals surface area contributed by atoms with Crippen LogP contribution in [-0.4, -0.2) is 39.0 Å². The van der Waals surface area contributed by atoms with Gasteiger partial charge in [-0.2, -0.15) is 0 Å². The minimum absolute atomic E-state index is 0.434. The average Bonchev–Trinajstić information content (AvgIpc) is 2.24. The summed E-state index contributed by atoms with van der Waals surface area (Å²) in [6.07, 6.45) is 4.19. The minimum Gasteiger partial charge on any atom is -0.380 e. The zero-order valence-corrected chi connectivity index (χ0v) is 10.1. The van der Waals surface area contributed by atoms with E-state index in [9.17, 15) is 0 Å². The fourth-order valence-corrected chi connectivity index (χ4v) is 1.69. The Bertz CT molecular complexity index is 145. The van der Waals surface area contributed by atoms with Gasteiger partial charge in [0.15, 0.2) is 0 Å². The molecule has 0 aromatic rings. The molecule has 0 amide bonds. The summed E-state index contributed by atoms with van der Waals surface area (Å²) < 4.78 is 11.1. The molecule has 0 spiro atoms. The first-order valence-electron chi connectivity index (χ1n) is 6.19. The normalized spacial score (nSPS) is 22.2. The number of rotatable bonds is 7. The Balaban J connectivity index is 1.83. The molecule has 0 aromatic carbocycles. The average molecular weight is 215 g/mol. The number of nitrogens with one attached hydrogen (secondary N) is 1. The summed E-state index contributed by atoms with van der Waals surface area (Å²) in [5, 5.41) is 3.38. The Morgan fingerprint density at radius 1 is 1.40 bits per heavy atom. The van der Waals surface area contributed by atoms with Crippen LogP contribution in [-0.2, 0) is 9.47 Å². The van der Waals surface area contributed by atoms with Crippen LogP contribution in [0.15, 0.2) is 0 Å². The maximum Gasteiger partial charge on any atom is 0.0699 e. The van der Waals surface area contributed by atoms with Gasteiger partial charge in [0.1, 0.15) is 0 Å². The Morgan fingerprint density at radius 2 is 2.27 bits per heavy atom. The molecule has 15 heavy (non-hydrogen) atoms. The van der Waals surface area contributed by atoms with Crippen molar-refractivity contribution in [3.8, 4) is 0 Å². The number of ether oxygens (including phenoxy) is 2. The van der Waals surface area contributed by atoms with Gasteiger partial charge >= 0.3 is 0 Å². The SMILES string of the molecule is CC(C)COCCNCC1CCCCO1. The maximum atomic E-state index is 5.62. The molecule has 0 radical (unpaired) electrons. The molecule has 1 atom stereocenters. The van der Waals surface area contributed by atoms with Gasteiger partial charge in [-0.15, -0.1) is 0 Å². The van der Waals surface area contributed by atoms with E-state index in [0.717, 1.165) is 32.9 Å². The number of hydrogen-bond acceptors (Lipinski definition) is 3. The standard InChI is InChI=1S/C12H25NO2/c1-11(2)10-14-8-6-13-9-12-5-3-4-7-15-12/h11-13H,3-10H2,1-2H3. The van der Waals surface area contributed by atoms with Crippen LogP contribution in [0.5, 0.6) is 0 Å². The summed E-state index contributed by atoms with van der Waals surface area (Å²) >= 11 is 0. The fourth-order valence-electron chi connectivity index (χ4n) is 1.69. The highest BCUT2D eigenvalue weighted by Crippen LogP contribution is 2.11. The minimum atomic E-state index is 0.434. The molecule has 1 heterocycles. The highest BCUT2D eigenvalue weighted by molar-refractivity contribution is 4.65. The second kappa shape index (κ2) is 8.08. The summed E-state index contributed by atoms with van der Waals surface area (Å²) in [6, 6.07) is 0. The third-order valence-corrected chi connectivity index (χ3v) is 2.52. The van der Waals surface area contributed by atoms with E-state index >= 15 is 0 Å². The second-order valence-electron chi connectivity index (χ2n) is 4.66. The largest absolute Gasteiger partial charge is 0.380 e. The van der Waals surface area contributed by atoms with Crippen molar-refractivity contribution in [2.45, 2.75) is 39.2 Å². The smallest absolute Gasteiger partial charge is 0.0699 e. The fraction of sp³-hybridized carbons (Fsp3) is 1.00. The molecule has 0 saturated carbocycles. The summed E-state index contributed by atoms with van der Waals surface area (Å²) in [7, 11) is 0. The van der Waals surface area contributed by atoms with E-state index in [2.05, 4.69) is 19.2 Å². The van der Waals surface area contributed by atoms with Crippen LogP contribution in [0.4, 0.5) is 0 Å². The third-order valence-electron chi connectivity index (χ3n) is 2.52. The highest BCUT2D eigenvalue weighted by Gasteiger charge is 2.12. The van der Waals surface area contributed by atoms with E-state index in [0.29, 0.717) is 12.0 Å². The zero-order valence-electron chi connectivity index (χ0n) is 10.1. The number of hydrogen-bond donors (Lipinski definition) is 1. The lowest BCUT2D eigenvalue weighted by atomic mass is 10.1. The van der Waals surface area contributed by atoms with Gasteiger partial charge in [0, 0.05) is 26.3 Å². The van der Waals surface area contributed by atoms with Gasteiger partial charge in [-0.05, 0) is 25.2 Å². The van der Waals surface area contributed by atoms with Gasteiger partial charge < -0.3 is 14.8 Å². The Kier molecular flexibility index (Phi) is 6.98. The molecule has 0 aromatic heterocycles. The molecule has 0 bridgehead atoms. The summed E-state index contributed by atoms with van der Waals surface area (Å²) in [5.41, 5.74) is 0. The molecule has 1 fully saturated rings. The van der Waals surface area contributed by atoms with E-state index < -0.39 is 0 Å². The van der Waals surface area contributed by atoms with Gasteiger partial charge in [0.25, 0.3) is 0 Å². The van der Waals surface area contributed by atoms with Crippen molar-refractivity contribution >= 4 is 0 Å². The predicted octanol–water partition coefficient (Wildman–Crippen LogP) is 1.82. The first-order valence-corrected chi connectivity index (χ1v) is 6.19. The third kappa shape index (κ3) is 6.88. The van der Waals surface area contributed by atoms with Crippen LogP contribution < -0.4 is 5.32 Å². The van der Waals surface area contributed by atoms with Crippen molar-refractivity contribution < 1.29 is 9.47 Å². The molecule has 0 aliphatic carbocycles. The van der Waals surface area contributed by atoms with E-state index in [1.54, 1.807) is 0 Å². The van der Waals surface area contributed by atoms with Crippen LogP contribution in [0.2, 0.25) is 0 Å². The predicted molar refractivity (Wildman–Crippen MR) is 62.1 cm³/mol. The summed E-state index contributed by atoms with van der Waals surface area (Å²) in [6.45, 7) is 8.87. The Morgan fingerprint density at radius 3 is 2.93 bits per heavy atom. The molecule has 1 rings (SSSR count). The first-order chi connectivity index (χ1) is 7.29. The van der Waals surface area contributed by atoms with Crippen molar-refractivity contribution in [2.24, 2.45) is 5.92 Å². The molecule has 1 N–H and O–H groups in total. The van der Waals surface area contributed by atoms with Crippen molar-refractivity contribution in [1.82, 2.24) is 5.32 Å². The van der Waals surface area contributed by atoms with Crippen molar-refractivity contribution in [1.29, 1.82) is 0 Å². The molecule has 3 heteroatoms. The van der Waals surface area contributed by atoms with Gasteiger partial charge in [-0.1, -0.05) is 13.8 Å². The van der Waals surface area contributed by atoms with Gasteiger partial charge in [0.2, 0.25) is 0 Å². The lowest BCUT2D eigenvalue weighted by Gasteiger charge is -2.22. The quantitative estimate of drug-likeness (QED) is 0.657. The zero-order chi connectivity index (χ0) is 10.9. The molecule has 1 aliphatic rings. The topological polar surface area (TPSA) is 30.5 Å². The molecule has 1 unspecified atom stereocenters. The molecule has 3 nitrogen and oxygen atoms in total. The van der Waals surface area contributed by atoms with Crippen molar-refractivity contribution in [2.75, 3.05) is 32.9 Å². The van der Waals surface area contributed by atoms with Crippen LogP contribution in [0.1, 0.15) is 33.1 Å². The van der Waals surface area contributed by atoms with Crippen molar-refractivity contribution in [3.05, 3.63) is 0 Å².